The van der Waals surface area contributed by atoms with E-state index in [0.717, 1.165) is 12.8 Å². The van der Waals surface area contributed by atoms with Crippen molar-refractivity contribution >= 4 is 27.2 Å². The predicted octanol–water partition coefficient (Wildman–Crippen LogP) is 3.53. The Bertz CT molecular complexity index is 530. The van der Waals surface area contributed by atoms with Crippen molar-refractivity contribution in [3.05, 3.63) is 35.2 Å². The molecule has 1 unspecified atom stereocenters. The SMILES string of the molecule is CC(N)CCCC(=O)Cc1csc2ccccc12. The fourth-order valence-corrected chi connectivity index (χ4v) is 3.05. The van der Waals surface area contributed by atoms with Crippen LogP contribution in [0.25, 0.3) is 10.1 Å². The second kappa shape index (κ2) is 6.12. The standard InChI is InChI=1S/C15H19NOS/c1-11(16)5-4-6-13(17)9-12-10-18-15-8-3-2-7-14(12)15/h2-3,7-8,10-11H,4-6,9,16H2,1H3. The van der Waals surface area contributed by atoms with Crippen LogP contribution in [0.5, 0.6) is 0 Å². The number of benzene rings is 1. The molecule has 0 aliphatic carbocycles. The average molecular weight is 261 g/mol. The molecule has 0 saturated carbocycles. The maximum absolute atomic E-state index is 11.9. The van der Waals surface area contributed by atoms with Gasteiger partial charge in [-0.15, -0.1) is 11.3 Å². The van der Waals surface area contributed by atoms with Gasteiger partial charge in [0, 0.05) is 23.6 Å². The van der Waals surface area contributed by atoms with E-state index in [4.69, 9.17) is 5.73 Å². The van der Waals surface area contributed by atoms with Crippen LogP contribution in [0.3, 0.4) is 0 Å². The average Bonchev–Trinajstić information content (AvgIpc) is 2.72. The Morgan fingerprint density at radius 3 is 2.94 bits per heavy atom. The molecule has 0 saturated heterocycles. The van der Waals surface area contributed by atoms with Crippen molar-refractivity contribution in [2.45, 2.75) is 38.6 Å². The molecular weight excluding hydrogens is 242 g/mol. The summed E-state index contributed by atoms with van der Waals surface area (Å²) in [6.45, 7) is 1.98. The molecule has 96 valence electrons. The van der Waals surface area contributed by atoms with Crippen LogP contribution < -0.4 is 5.73 Å². The van der Waals surface area contributed by atoms with Gasteiger partial charge in [0.15, 0.2) is 0 Å². The van der Waals surface area contributed by atoms with Gasteiger partial charge in [0.2, 0.25) is 0 Å². The fraction of sp³-hybridized carbons (Fsp3) is 0.400. The smallest absolute Gasteiger partial charge is 0.137 e. The first kappa shape index (κ1) is 13.2. The Morgan fingerprint density at radius 2 is 2.17 bits per heavy atom. The topological polar surface area (TPSA) is 43.1 Å². The minimum absolute atomic E-state index is 0.194. The zero-order valence-corrected chi connectivity index (χ0v) is 11.5. The van der Waals surface area contributed by atoms with Crippen LogP contribution in [0.4, 0.5) is 0 Å². The normalized spacial score (nSPS) is 12.8. The molecule has 1 heterocycles. The predicted molar refractivity (Wildman–Crippen MR) is 78.0 cm³/mol. The lowest BCUT2D eigenvalue weighted by molar-refractivity contribution is -0.118. The van der Waals surface area contributed by atoms with Crippen molar-refractivity contribution in [3.8, 4) is 0 Å². The number of carbonyl (C=O) groups excluding carboxylic acids is 1. The van der Waals surface area contributed by atoms with Crippen LogP contribution in [0, 0.1) is 0 Å². The van der Waals surface area contributed by atoms with Gasteiger partial charge >= 0.3 is 0 Å². The van der Waals surface area contributed by atoms with Crippen LogP contribution in [-0.4, -0.2) is 11.8 Å². The Labute approximate surface area is 112 Å². The molecule has 0 radical (unpaired) electrons. The first-order chi connectivity index (χ1) is 8.66. The minimum Gasteiger partial charge on any atom is -0.328 e. The molecule has 3 heteroatoms. The van der Waals surface area contributed by atoms with Crippen molar-refractivity contribution in [2.75, 3.05) is 0 Å². The van der Waals surface area contributed by atoms with Crippen LogP contribution in [0.2, 0.25) is 0 Å². The van der Waals surface area contributed by atoms with Crippen molar-refractivity contribution < 1.29 is 4.79 Å². The van der Waals surface area contributed by atoms with Crippen LogP contribution in [-0.2, 0) is 11.2 Å². The molecular formula is C15H19NOS. The Balaban J connectivity index is 1.95. The monoisotopic (exact) mass is 261 g/mol. The third kappa shape index (κ3) is 3.40. The number of fused-ring (bicyclic) bond motifs is 1. The van der Waals surface area contributed by atoms with E-state index < -0.39 is 0 Å². The number of nitrogens with two attached hydrogens (primary N) is 1. The summed E-state index contributed by atoms with van der Waals surface area (Å²) in [6, 6.07) is 8.45. The summed E-state index contributed by atoms with van der Waals surface area (Å²) in [5.74, 6) is 0.319. The van der Waals surface area contributed by atoms with E-state index in [1.807, 2.05) is 19.1 Å². The van der Waals surface area contributed by atoms with Crippen molar-refractivity contribution in [1.82, 2.24) is 0 Å². The molecule has 18 heavy (non-hydrogen) atoms. The van der Waals surface area contributed by atoms with Crippen LogP contribution >= 0.6 is 11.3 Å². The highest BCUT2D eigenvalue weighted by molar-refractivity contribution is 7.17. The number of ketones is 1. The lowest BCUT2D eigenvalue weighted by Gasteiger charge is -2.04. The molecule has 1 atom stereocenters. The Morgan fingerprint density at radius 1 is 1.39 bits per heavy atom. The lowest BCUT2D eigenvalue weighted by atomic mass is 10.0. The van der Waals surface area contributed by atoms with E-state index in [9.17, 15) is 4.79 Å². The third-order valence-electron chi connectivity index (χ3n) is 3.06. The van der Waals surface area contributed by atoms with Crippen molar-refractivity contribution in [1.29, 1.82) is 0 Å². The summed E-state index contributed by atoms with van der Waals surface area (Å²) in [4.78, 5) is 11.9. The number of Topliss-reactive ketones (excluding diaryl/α,β-unsaturated/α-hetero) is 1. The highest BCUT2D eigenvalue weighted by Gasteiger charge is 2.09. The molecule has 2 nitrogen and oxygen atoms in total. The summed E-state index contributed by atoms with van der Waals surface area (Å²) in [7, 11) is 0. The van der Waals surface area contributed by atoms with Gasteiger partial charge in [-0.2, -0.15) is 0 Å². The van der Waals surface area contributed by atoms with Gasteiger partial charge in [-0.1, -0.05) is 18.2 Å². The molecule has 0 aliphatic rings. The maximum Gasteiger partial charge on any atom is 0.137 e. The van der Waals surface area contributed by atoms with E-state index >= 15 is 0 Å². The lowest BCUT2D eigenvalue weighted by Crippen LogP contribution is -2.15. The second-order valence-electron chi connectivity index (χ2n) is 4.84. The van der Waals surface area contributed by atoms with E-state index in [-0.39, 0.29) is 6.04 Å². The van der Waals surface area contributed by atoms with E-state index in [1.165, 1.54) is 15.6 Å². The first-order valence-corrected chi connectivity index (χ1v) is 7.27. The second-order valence-corrected chi connectivity index (χ2v) is 5.75. The third-order valence-corrected chi connectivity index (χ3v) is 4.08. The van der Waals surface area contributed by atoms with Crippen LogP contribution in [0.15, 0.2) is 29.6 Å². The van der Waals surface area contributed by atoms with E-state index in [0.29, 0.717) is 18.6 Å². The van der Waals surface area contributed by atoms with Gasteiger partial charge < -0.3 is 5.73 Å². The number of hydrogen-bond acceptors (Lipinski definition) is 3. The zero-order chi connectivity index (χ0) is 13.0. The minimum atomic E-state index is 0.194. The molecule has 0 amide bonds. The number of carbonyl (C=O) groups is 1. The van der Waals surface area contributed by atoms with E-state index in [2.05, 4.69) is 17.5 Å². The maximum atomic E-state index is 11.9. The Hall–Kier alpha value is -1.19. The largest absolute Gasteiger partial charge is 0.328 e. The van der Waals surface area contributed by atoms with Gasteiger partial charge in [0.25, 0.3) is 0 Å². The van der Waals surface area contributed by atoms with Crippen molar-refractivity contribution in [2.24, 2.45) is 5.73 Å². The summed E-state index contributed by atoms with van der Waals surface area (Å²) in [6.07, 6.45) is 3.03. The zero-order valence-electron chi connectivity index (χ0n) is 10.7. The number of hydrogen-bond donors (Lipinski definition) is 1. The fourth-order valence-electron chi connectivity index (χ4n) is 2.09. The van der Waals surface area contributed by atoms with Gasteiger partial charge in [-0.25, -0.2) is 0 Å². The highest BCUT2D eigenvalue weighted by atomic mass is 32.1. The first-order valence-electron chi connectivity index (χ1n) is 6.39. The molecule has 0 spiro atoms. The van der Waals surface area contributed by atoms with Gasteiger partial charge in [0.05, 0.1) is 0 Å². The number of thiophene rings is 1. The number of rotatable bonds is 6. The van der Waals surface area contributed by atoms with E-state index in [1.54, 1.807) is 11.3 Å². The Kier molecular flexibility index (Phi) is 4.50. The molecule has 2 aromatic rings. The molecule has 1 aromatic carbocycles. The van der Waals surface area contributed by atoms with Crippen LogP contribution in [0.1, 0.15) is 31.7 Å². The molecule has 1 aromatic heterocycles. The summed E-state index contributed by atoms with van der Waals surface area (Å²) in [5.41, 5.74) is 6.85. The highest BCUT2D eigenvalue weighted by Crippen LogP contribution is 2.26. The molecule has 0 aliphatic heterocycles. The molecule has 2 N–H and O–H groups in total. The van der Waals surface area contributed by atoms with Crippen molar-refractivity contribution in [3.63, 3.8) is 0 Å². The molecule has 0 fully saturated rings. The summed E-state index contributed by atoms with van der Waals surface area (Å²) >= 11 is 1.71. The quantitative estimate of drug-likeness (QED) is 0.864. The van der Waals surface area contributed by atoms with Gasteiger partial charge in [0.1, 0.15) is 5.78 Å². The summed E-state index contributed by atoms with van der Waals surface area (Å²) < 4.78 is 1.26. The molecule has 0 bridgehead atoms. The summed E-state index contributed by atoms with van der Waals surface area (Å²) in [5, 5.41) is 3.33. The molecule has 2 rings (SSSR count). The van der Waals surface area contributed by atoms with Gasteiger partial charge in [-0.05, 0) is 42.2 Å². The van der Waals surface area contributed by atoms with Gasteiger partial charge in [-0.3, -0.25) is 4.79 Å².